The lowest BCUT2D eigenvalue weighted by Crippen LogP contribution is -2.53. The largest absolute Gasteiger partial charge is 0.379 e. The van der Waals surface area contributed by atoms with E-state index in [-0.39, 0.29) is 0 Å². The third kappa shape index (κ3) is 7.45. The van der Waals surface area contributed by atoms with Gasteiger partial charge in [0, 0.05) is 38.8 Å². The van der Waals surface area contributed by atoms with Gasteiger partial charge in [0.25, 0.3) is 0 Å². The summed E-state index contributed by atoms with van der Waals surface area (Å²) < 4.78 is 5.50. The van der Waals surface area contributed by atoms with Gasteiger partial charge in [-0.3, -0.25) is 9.89 Å². The Morgan fingerprint density at radius 2 is 2.05 bits per heavy atom. The summed E-state index contributed by atoms with van der Waals surface area (Å²) in [4.78, 5) is 6.81. The normalized spacial score (nSPS) is 21.9. The maximum absolute atomic E-state index is 5.50. The van der Waals surface area contributed by atoms with Gasteiger partial charge in [0.2, 0.25) is 0 Å². The minimum atomic E-state index is 0.485. The van der Waals surface area contributed by atoms with E-state index in [1.165, 1.54) is 19.3 Å². The van der Waals surface area contributed by atoms with Gasteiger partial charge in [-0.15, -0.1) is 0 Å². The number of rotatable bonds is 8. The van der Waals surface area contributed by atoms with Crippen LogP contribution in [0.15, 0.2) is 4.99 Å². The number of nitrogens with zero attached hydrogens (tertiary/aromatic N) is 2. The number of ether oxygens (including phenoxy) is 1. The van der Waals surface area contributed by atoms with Crippen molar-refractivity contribution in [3.05, 3.63) is 0 Å². The average Bonchev–Trinajstić information content (AvgIpc) is 2.49. The summed E-state index contributed by atoms with van der Waals surface area (Å²) in [6.45, 7) is 13.7. The van der Waals surface area contributed by atoms with E-state index in [9.17, 15) is 0 Å². The molecule has 1 heterocycles. The molecular formula is C17H36N4O. The topological polar surface area (TPSA) is 48.9 Å². The zero-order valence-electron chi connectivity index (χ0n) is 15.2. The average molecular weight is 313 g/mol. The summed E-state index contributed by atoms with van der Waals surface area (Å²) in [5.41, 5.74) is 0. The first kappa shape index (κ1) is 19.2. The van der Waals surface area contributed by atoms with Gasteiger partial charge in [-0.05, 0) is 26.2 Å². The second-order valence-electron chi connectivity index (χ2n) is 6.78. The second kappa shape index (κ2) is 10.8. The minimum absolute atomic E-state index is 0.485. The molecule has 1 rings (SSSR count). The van der Waals surface area contributed by atoms with Crippen LogP contribution in [0.5, 0.6) is 0 Å². The van der Waals surface area contributed by atoms with Crippen molar-refractivity contribution < 1.29 is 4.74 Å². The number of hydrogen-bond acceptors (Lipinski definition) is 3. The third-order valence-corrected chi connectivity index (χ3v) is 4.27. The fourth-order valence-electron chi connectivity index (χ4n) is 2.86. The predicted octanol–water partition coefficient (Wildman–Crippen LogP) is 2.09. The molecule has 0 radical (unpaired) electrons. The Bertz CT molecular complexity index is 320. The summed E-state index contributed by atoms with van der Waals surface area (Å²) >= 11 is 0. The molecule has 22 heavy (non-hydrogen) atoms. The Hall–Kier alpha value is -0.810. The highest BCUT2D eigenvalue weighted by Crippen LogP contribution is 2.10. The molecule has 5 heteroatoms. The van der Waals surface area contributed by atoms with E-state index in [0.29, 0.717) is 12.1 Å². The number of nitrogens with one attached hydrogen (secondary N) is 2. The third-order valence-electron chi connectivity index (χ3n) is 4.27. The maximum atomic E-state index is 5.50. The monoisotopic (exact) mass is 312 g/mol. The Morgan fingerprint density at radius 3 is 2.68 bits per heavy atom. The predicted molar refractivity (Wildman–Crippen MR) is 94.5 cm³/mol. The van der Waals surface area contributed by atoms with Crippen molar-refractivity contribution in [1.29, 1.82) is 0 Å². The van der Waals surface area contributed by atoms with Gasteiger partial charge in [-0.25, -0.2) is 0 Å². The van der Waals surface area contributed by atoms with Crippen LogP contribution in [-0.4, -0.2) is 62.8 Å². The van der Waals surface area contributed by atoms with Gasteiger partial charge in [0.1, 0.15) is 0 Å². The van der Waals surface area contributed by atoms with Crippen molar-refractivity contribution in [2.45, 2.75) is 59.0 Å². The smallest absolute Gasteiger partial charge is 0.191 e. The van der Waals surface area contributed by atoms with Crippen molar-refractivity contribution in [3.63, 3.8) is 0 Å². The van der Waals surface area contributed by atoms with E-state index < -0.39 is 0 Å². The Balaban J connectivity index is 2.20. The molecular weight excluding hydrogens is 276 g/mol. The number of unbranched alkanes of at least 4 members (excludes halogenated alkanes) is 1. The van der Waals surface area contributed by atoms with Gasteiger partial charge >= 0.3 is 0 Å². The van der Waals surface area contributed by atoms with Crippen molar-refractivity contribution in [2.75, 3.05) is 39.9 Å². The molecule has 2 N–H and O–H groups in total. The van der Waals surface area contributed by atoms with Crippen LogP contribution >= 0.6 is 0 Å². The molecule has 0 amide bonds. The van der Waals surface area contributed by atoms with Crippen LogP contribution in [-0.2, 0) is 4.74 Å². The summed E-state index contributed by atoms with van der Waals surface area (Å²) in [5.74, 6) is 1.71. The van der Waals surface area contributed by atoms with Crippen LogP contribution in [0.2, 0.25) is 0 Å². The van der Waals surface area contributed by atoms with Crippen molar-refractivity contribution >= 4 is 5.96 Å². The molecule has 0 bridgehead atoms. The number of morpholine rings is 1. The highest BCUT2D eigenvalue weighted by molar-refractivity contribution is 5.79. The first-order chi connectivity index (χ1) is 10.5. The van der Waals surface area contributed by atoms with E-state index >= 15 is 0 Å². The summed E-state index contributed by atoms with van der Waals surface area (Å²) in [6, 6.07) is 0.981. The van der Waals surface area contributed by atoms with Gasteiger partial charge in [0.05, 0.1) is 13.2 Å². The Kier molecular flexibility index (Phi) is 9.48. The number of aliphatic imine (C=N–C) groups is 1. The Labute approximate surface area is 136 Å². The molecule has 5 nitrogen and oxygen atoms in total. The molecule has 1 fully saturated rings. The van der Waals surface area contributed by atoms with Crippen molar-refractivity contribution in [2.24, 2.45) is 10.9 Å². The van der Waals surface area contributed by atoms with E-state index in [2.05, 4.69) is 48.2 Å². The van der Waals surface area contributed by atoms with Crippen LogP contribution in [0.25, 0.3) is 0 Å². The standard InChI is InChI=1S/C17H36N4O/c1-14(2)8-6-7-9-19-17(18-5)20-12-15(3)21-10-11-22-13-16(21)4/h14-16H,6-13H2,1-5H3,(H2,18,19,20). The molecule has 1 saturated heterocycles. The van der Waals surface area contributed by atoms with E-state index in [0.717, 1.165) is 44.7 Å². The number of guanidine groups is 1. The number of hydrogen-bond donors (Lipinski definition) is 2. The zero-order valence-corrected chi connectivity index (χ0v) is 15.2. The summed E-state index contributed by atoms with van der Waals surface area (Å²) in [7, 11) is 1.84. The van der Waals surface area contributed by atoms with Crippen molar-refractivity contribution in [3.8, 4) is 0 Å². The molecule has 0 aliphatic carbocycles. The molecule has 2 atom stereocenters. The lowest BCUT2D eigenvalue weighted by Gasteiger charge is -2.38. The van der Waals surface area contributed by atoms with Crippen LogP contribution in [0, 0.1) is 5.92 Å². The Morgan fingerprint density at radius 1 is 1.27 bits per heavy atom. The fourth-order valence-corrected chi connectivity index (χ4v) is 2.86. The van der Waals surface area contributed by atoms with Gasteiger partial charge in [-0.1, -0.05) is 26.7 Å². The first-order valence-electron chi connectivity index (χ1n) is 8.82. The molecule has 2 unspecified atom stereocenters. The van der Waals surface area contributed by atoms with Gasteiger partial charge < -0.3 is 15.4 Å². The summed E-state index contributed by atoms with van der Waals surface area (Å²) in [5, 5.41) is 6.85. The maximum Gasteiger partial charge on any atom is 0.191 e. The SMILES string of the molecule is CN=C(NCCCCC(C)C)NCC(C)N1CCOCC1C. The summed E-state index contributed by atoms with van der Waals surface area (Å²) in [6.07, 6.45) is 3.79. The minimum Gasteiger partial charge on any atom is -0.379 e. The van der Waals surface area contributed by atoms with E-state index in [4.69, 9.17) is 4.74 Å². The van der Waals surface area contributed by atoms with Gasteiger partial charge in [-0.2, -0.15) is 0 Å². The molecule has 1 aliphatic rings. The molecule has 0 aromatic carbocycles. The fraction of sp³-hybridized carbons (Fsp3) is 0.941. The van der Waals surface area contributed by atoms with E-state index in [1.54, 1.807) is 0 Å². The first-order valence-corrected chi connectivity index (χ1v) is 8.82. The van der Waals surface area contributed by atoms with Crippen LogP contribution in [0.1, 0.15) is 47.0 Å². The molecule has 1 aliphatic heterocycles. The van der Waals surface area contributed by atoms with E-state index in [1.807, 2.05) is 7.05 Å². The highest BCUT2D eigenvalue weighted by Gasteiger charge is 2.23. The lowest BCUT2D eigenvalue weighted by molar-refractivity contribution is -0.0174. The molecule has 0 aromatic rings. The molecule has 0 saturated carbocycles. The van der Waals surface area contributed by atoms with Crippen molar-refractivity contribution in [1.82, 2.24) is 15.5 Å². The molecule has 130 valence electrons. The lowest BCUT2D eigenvalue weighted by atomic mass is 10.1. The zero-order chi connectivity index (χ0) is 16.4. The van der Waals surface area contributed by atoms with Crippen LogP contribution < -0.4 is 10.6 Å². The second-order valence-corrected chi connectivity index (χ2v) is 6.78. The van der Waals surface area contributed by atoms with Gasteiger partial charge in [0.15, 0.2) is 5.96 Å². The molecule has 0 spiro atoms. The quantitative estimate of drug-likeness (QED) is 0.409. The highest BCUT2D eigenvalue weighted by atomic mass is 16.5. The molecule has 0 aromatic heterocycles. The van der Waals surface area contributed by atoms with Crippen LogP contribution in [0.3, 0.4) is 0 Å². The van der Waals surface area contributed by atoms with Crippen LogP contribution in [0.4, 0.5) is 0 Å².